The second-order valence-electron chi connectivity index (χ2n) is 3.55. The topological polar surface area (TPSA) is 57.6 Å². The Morgan fingerprint density at radius 3 is 2.56 bits per heavy atom. The van der Waals surface area contributed by atoms with Crippen LogP contribution in [0.3, 0.4) is 0 Å². The average molecular weight is 306 g/mol. The summed E-state index contributed by atoms with van der Waals surface area (Å²) >= 11 is 4.56. The highest BCUT2D eigenvalue weighted by Crippen LogP contribution is 2.21. The van der Waals surface area contributed by atoms with Crippen LogP contribution in [0.4, 0.5) is 0 Å². The Bertz CT molecular complexity index is 403. The normalized spacial score (nSPS) is 10.5. The van der Waals surface area contributed by atoms with Crippen LogP contribution in [0.2, 0.25) is 0 Å². The van der Waals surface area contributed by atoms with E-state index in [-0.39, 0.29) is 18.5 Å². The van der Waals surface area contributed by atoms with Gasteiger partial charge in [0.1, 0.15) is 6.54 Å². The average Bonchev–Trinajstić information content (AvgIpc) is 2.59. The van der Waals surface area contributed by atoms with Crippen LogP contribution in [0.5, 0.6) is 0 Å². The summed E-state index contributed by atoms with van der Waals surface area (Å²) in [4.78, 5) is 24.5. The maximum absolute atomic E-state index is 12.0. The lowest BCUT2D eigenvalue weighted by Gasteiger charge is -2.24. The van der Waals surface area contributed by atoms with Crippen LogP contribution in [0.15, 0.2) is 15.9 Å². The third-order valence-corrected chi connectivity index (χ3v) is 3.65. The summed E-state index contributed by atoms with van der Waals surface area (Å²) in [6, 6.07) is 1.56. The molecule has 0 spiro atoms. The van der Waals surface area contributed by atoms with Crippen molar-refractivity contribution in [2.45, 2.75) is 19.9 Å². The summed E-state index contributed by atoms with van der Waals surface area (Å²) in [5.74, 6) is -1.24. The molecule has 88 valence electrons. The fourth-order valence-corrected chi connectivity index (χ4v) is 2.58. The molecule has 1 rings (SSSR count). The lowest BCUT2D eigenvalue weighted by Crippen LogP contribution is -2.40. The van der Waals surface area contributed by atoms with Gasteiger partial charge in [0.2, 0.25) is 0 Å². The molecule has 1 aromatic heterocycles. The highest BCUT2D eigenvalue weighted by atomic mass is 79.9. The number of hydrogen-bond acceptors (Lipinski definition) is 3. The quantitative estimate of drug-likeness (QED) is 0.929. The molecule has 0 aliphatic heterocycles. The first-order chi connectivity index (χ1) is 7.41. The molecule has 1 heterocycles. The number of amides is 1. The van der Waals surface area contributed by atoms with Gasteiger partial charge in [-0.15, -0.1) is 11.3 Å². The van der Waals surface area contributed by atoms with E-state index in [1.165, 1.54) is 16.2 Å². The van der Waals surface area contributed by atoms with E-state index in [0.29, 0.717) is 4.88 Å². The Morgan fingerprint density at radius 1 is 1.56 bits per heavy atom. The van der Waals surface area contributed by atoms with Crippen molar-refractivity contribution in [3.8, 4) is 0 Å². The smallest absolute Gasteiger partial charge is 0.323 e. The predicted octanol–water partition coefficient (Wildman–Crippen LogP) is 2.45. The van der Waals surface area contributed by atoms with Crippen molar-refractivity contribution in [3.63, 3.8) is 0 Å². The van der Waals surface area contributed by atoms with Crippen LogP contribution in [-0.2, 0) is 4.79 Å². The molecule has 0 unspecified atom stereocenters. The van der Waals surface area contributed by atoms with Gasteiger partial charge in [-0.3, -0.25) is 9.59 Å². The zero-order chi connectivity index (χ0) is 12.3. The van der Waals surface area contributed by atoms with Crippen molar-refractivity contribution in [1.29, 1.82) is 0 Å². The molecule has 0 saturated carbocycles. The van der Waals surface area contributed by atoms with E-state index in [2.05, 4.69) is 15.9 Å². The zero-order valence-electron chi connectivity index (χ0n) is 8.94. The summed E-state index contributed by atoms with van der Waals surface area (Å²) in [5.41, 5.74) is 0. The number of halogens is 1. The summed E-state index contributed by atoms with van der Waals surface area (Å²) in [6.45, 7) is 3.32. The number of carboxylic acids is 1. The summed E-state index contributed by atoms with van der Waals surface area (Å²) in [5, 5.41) is 10.5. The van der Waals surface area contributed by atoms with Crippen LogP contribution in [-0.4, -0.2) is 34.5 Å². The van der Waals surface area contributed by atoms with E-state index >= 15 is 0 Å². The first-order valence-corrected chi connectivity index (χ1v) is 6.36. The molecule has 16 heavy (non-hydrogen) atoms. The van der Waals surface area contributed by atoms with Gasteiger partial charge in [0.15, 0.2) is 0 Å². The van der Waals surface area contributed by atoms with Gasteiger partial charge in [-0.2, -0.15) is 0 Å². The molecule has 0 radical (unpaired) electrons. The van der Waals surface area contributed by atoms with Gasteiger partial charge < -0.3 is 10.0 Å². The van der Waals surface area contributed by atoms with Crippen molar-refractivity contribution in [2.75, 3.05) is 6.54 Å². The molecule has 0 atom stereocenters. The molecule has 6 heteroatoms. The zero-order valence-corrected chi connectivity index (χ0v) is 11.3. The largest absolute Gasteiger partial charge is 0.480 e. The number of thiophene rings is 1. The first kappa shape index (κ1) is 13.2. The van der Waals surface area contributed by atoms with E-state index in [4.69, 9.17) is 5.11 Å². The first-order valence-electron chi connectivity index (χ1n) is 4.68. The molecule has 1 amide bonds. The van der Waals surface area contributed by atoms with E-state index in [9.17, 15) is 9.59 Å². The molecule has 0 fully saturated rings. The number of carbonyl (C=O) groups excluding carboxylic acids is 1. The van der Waals surface area contributed by atoms with E-state index in [0.717, 1.165) is 4.47 Å². The highest BCUT2D eigenvalue weighted by molar-refractivity contribution is 9.10. The molecular weight excluding hydrogens is 294 g/mol. The summed E-state index contributed by atoms with van der Waals surface area (Å²) in [7, 11) is 0. The second-order valence-corrected chi connectivity index (χ2v) is 5.38. The van der Waals surface area contributed by atoms with E-state index in [1.807, 2.05) is 0 Å². The van der Waals surface area contributed by atoms with Gasteiger partial charge in [0.25, 0.3) is 5.91 Å². The highest BCUT2D eigenvalue weighted by Gasteiger charge is 2.22. The molecule has 0 saturated heterocycles. The summed E-state index contributed by atoms with van der Waals surface area (Å²) < 4.78 is 0.833. The molecule has 0 aliphatic carbocycles. The van der Waals surface area contributed by atoms with Gasteiger partial charge >= 0.3 is 5.97 Å². The van der Waals surface area contributed by atoms with Gasteiger partial charge in [-0.05, 0) is 35.8 Å². The number of hydrogen-bond donors (Lipinski definition) is 1. The number of carboxylic acid groups (broad SMARTS) is 1. The molecule has 0 aliphatic rings. The Balaban J connectivity index is 2.87. The van der Waals surface area contributed by atoms with Crippen molar-refractivity contribution in [2.24, 2.45) is 0 Å². The molecule has 1 N–H and O–H groups in total. The van der Waals surface area contributed by atoms with Crippen LogP contribution in [0, 0.1) is 0 Å². The van der Waals surface area contributed by atoms with Gasteiger partial charge in [-0.1, -0.05) is 0 Å². The number of carbonyl (C=O) groups is 2. The monoisotopic (exact) mass is 305 g/mol. The fourth-order valence-electron chi connectivity index (χ4n) is 1.20. The Kier molecular flexibility index (Phi) is 4.49. The van der Waals surface area contributed by atoms with Gasteiger partial charge in [0.05, 0.1) is 4.88 Å². The maximum atomic E-state index is 12.0. The van der Waals surface area contributed by atoms with Crippen LogP contribution in [0.25, 0.3) is 0 Å². The van der Waals surface area contributed by atoms with Crippen LogP contribution >= 0.6 is 27.3 Å². The van der Waals surface area contributed by atoms with Gasteiger partial charge in [0, 0.05) is 15.9 Å². The molecule has 4 nitrogen and oxygen atoms in total. The standard InChI is InChI=1S/C10H12BrNO3S/c1-6(2)12(4-9(13)14)10(15)8-3-7(11)5-16-8/h3,5-6H,4H2,1-2H3,(H,13,14). The minimum absolute atomic E-state index is 0.135. The van der Waals surface area contributed by atoms with Crippen molar-refractivity contribution >= 4 is 39.1 Å². The van der Waals surface area contributed by atoms with Crippen molar-refractivity contribution < 1.29 is 14.7 Å². The Labute approximate surface area is 106 Å². The van der Waals surface area contributed by atoms with Crippen molar-refractivity contribution in [1.82, 2.24) is 4.90 Å². The van der Waals surface area contributed by atoms with Gasteiger partial charge in [-0.25, -0.2) is 0 Å². The number of aliphatic carboxylic acids is 1. The molecule has 1 aromatic rings. The maximum Gasteiger partial charge on any atom is 0.323 e. The lowest BCUT2D eigenvalue weighted by molar-refractivity contribution is -0.138. The summed E-state index contributed by atoms with van der Waals surface area (Å²) in [6.07, 6.45) is 0. The number of nitrogens with zero attached hydrogens (tertiary/aromatic N) is 1. The van der Waals surface area contributed by atoms with Crippen LogP contribution < -0.4 is 0 Å². The lowest BCUT2D eigenvalue weighted by atomic mass is 10.3. The fraction of sp³-hybridized carbons (Fsp3) is 0.400. The SMILES string of the molecule is CC(C)N(CC(=O)O)C(=O)c1cc(Br)cs1. The Morgan fingerprint density at radius 2 is 2.19 bits per heavy atom. The Hall–Kier alpha value is -0.880. The van der Waals surface area contributed by atoms with Crippen molar-refractivity contribution in [3.05, 3.63) is 20.8 Å². The van der Waals surface area contributed by atoms with E-state index in [1.54, 1.807) is 25.3 Å². The minimum Gasteiger partial charge on any atom is -0.480 e. The molecular formula is C10H12BrNO3S. The minimum atomic E-state index is -1.00. The molecule has 0 aromatic carbocycles. The third-order valence-electron chi connectivity index (χ3n) is 1.97. The molecule has 0 bridgehead atoms. The third kappa shape index (κ3) is 3.31. The predicted molar refractivity (Wildman–Crippen MR) is 65.8 cm³/mol. The van der Waals surface area contributed by atoms with Crippen LogP contribution in [0.1, 0.15) is 23.5 Å². The van der Waals surface area contributed by atoms with E-state index < -0.39 is 5.97 Å². The number of rotatable bonds is 4. The second kappa shape index (κ2) is 5.45.